The van der Waals surface area contributed by atoms with Gasteiger partial charge in [-0.1, -0.05) is 18.2 Å². The Morgan fingerprint density at radius 1 is 1.02 bits per heavy atom. The molecule has 11 heteroatoms. The minimum Gasteiger partial charge on any atom is -0.438 e. The van der Waals surface area contributed by atoms with Gasteiger partial charge in [0.25, 0.3) is 5.91 Å². The van der Waals surface area contributed by atoms with Gasteiger partial charge in [0.05, 0.1) is 24.2 Å². The summed E-state index contributed by atoms with van der Waals surface area (Å²) in [6.07, 6.45) is 3.28. The van der Waals surface area contributed by atoms with Crippen molar-refractivity contribution in [3.8, 4) is 17.7 Å². The number of ether oxygens (including phenoxy) is 1. The van der Waals surface area contributed by atoms with Crippen molar-refractivity contribution in [3.05, 3.63) is 78.0 Å². The second kappa shape index (κ2) is 11.0. The molecule has 41 heavy (non-hydrogen) atoms. The van der Waals surface area contributed by atoms with Crippen LogP contribution in [0.25, 0.3) is 5.65 Å². The van der Waals surface area contributed by atoms with Crippen LogP contribution in [0.1, 0.15) is 28.8 Å². The summed E-state index contributed by atoms with van der Waals surface area (Å²) in [5, 5.41) is 19.7. The van der Waals surface area contributed by atoms with Crippen LogP contribution in [0.15, 0.2) is 66.9 Å². The summed E-state index contributed by atoms with van der Waals surface area (Å²) in [5.74, 6) is 0.859. The Morgan fingerprint density at radius 3 is 2.61 bits per heavy atom. The first-order valence-corrected chi connectivity index (χ1v) is 13.6. The van der Waals surface area contributed by atoms with Crippen LogP contribution in [0.5, 0.6) is 11.6 Å². The number of likely N-dealkylation sites (N-methyl/N-ethyl adjacent to an activating group) is 1. The van der Waals surface area contributed by atoms with Crippen LogP contribution in [0.4, 0.5) is 11.5 Å². The molecular formula is C30H30N8O3. The zero-order chi connectivity index (χ0) is 28.4. The topological polar surface area (TPSA) is 128 Å². The van der Waals surface area contributed by atoms with Gasteiger partial charge in [-0.05, 0) is 55.8 Å². The molecule has 1 aliphatic carbocycles. The van der Waals surface area contributed by atoms with E-state index in [1.807, 2.05) is 12.1 Å². The van der Waals surface area contributed by atoms with Gasteiger partial charge in [0, 0.05) is 49.6 Å². The van der Waals surface area contributed by atoms with E-state index in [4.69, 9.17) is 4.74 Å². The summed E-state index contributed by atoms with van der Waals surface area (Å²) in [6, 6.07) is 20.1. The van der Waals surface area contributed by atoms with E-state index < -0.39 is 5.41 Å². The quantitative estimate of drug-likeness (QED) is 0.341. The molecule has 1 saturated heterocycles. The molecule has 4 aromatic rings. The Kier molecular flexibility index (Phi) is 7.09. The van der Waals surface area contributed by atoms with Gasteiger partial charge in [-0.15, -0.1) is 5.10 Å². The number of anilines is 2. The third kappa shape index (κ3) is 6.04. The highest BCUT2D eigenvalue weighted by Gasteiger charge is 2.45. The molecule has 1 saturated carbocycles. The SMILES string of the molecule is CN1CCN(CC(=O)Nc2cn3nc(Oc4cccc(NC(=O)c5cccc(C6(C#N)CC6)c5)c4)ccc3n2)CC1. The van der Waals surface area contributed by atoms with Gasteiger partial charge in [-0.3, -0.25) is 14.5 Å². The third-order valence-electron chi connectivity index (χ3n) is 7.48. The highest BCUT2D eigenvalue weighted by molar-refractivity contribution is 6.04. The standard InChI is InChI=1S/C30H30N8O3/c1-36-12-14-37(15-13-36)19-27(39)34-25-18-38-26(33-25)8-9-28(35-38)41-24-7-3-6-23(17-24)32-29(40)21-4-2-5-22(16-21)30(20-31)10-11-30/h2-9,16-18H,10-15,19H2,1H3,(H,32,40)(H,34,39). The summed E-state index contributed by atoms with van der Waals surface area (Å²) in [7, 11) is 2.08. The Hall–Kier alpha value is -4.79. The lowest BCUT2D eigenvalue weighted by Crippen LogP contribution is -2.47. The maximum atomic E-state index is 12.9. The molecule has 0 radical (unpaired) electrons. The number of imidazole rings is 1. The van der Waals surface area contributed by atoms with E-state index in [0.29, 0.717) is 40.9 Å². The molecule has 2 aromatic carbocycles. The number of benzene rings is 2. The Labute approximate surface area is 237 Å². The fourth-order valence-corrected chi connectivity index (χ4v) is 4.88. The van der Waals surface area contributed by atoms with Gasteiger partial charge in [-0.25, -0.2) is 9.50 Å². The van der Waals surface area contributed by atoms with E-state index in [0.717, 1.165) is 44.6 Å². The molecular weight excluding hydrogens is 520 g/mol. The van der Waals surface area contributed by atoms with Crippen molar-refractivity contribution < 1.29 is 14.3 Å². The number of carbonyl (C=O) groups is 2. The van der Waals surface area contributed by atoms with Gasteiger partial charge >= 0.3 is 0 Å². The fraction of sp³-hybridized carbons (Fsp3) is 0.300. The number of nitriles is 1. The zero-order valence-electron chi connectivity index (χ0n) is 22.7. The number of rotatable bonds is 8. The summed E-state index contributed by atoms with van der Waals surface area (Å²) in [5.41, 5.74) is 2.05. The van der Waals surface area contributed by atoms with Crippen molar-refractivity contribution >= 4 is 29.0 Å². The Morgan fingerprint density at radius 2 is 1.83 bits per heavy atom. The lowest BCUT2D eigenvalue weighted by atomic mass is 9.96. The van der Waals surface area contributed by atoms with E-state index in [-0.39, 0.29) is 11.8 Å². The van der Waals surface area contributed by atoms with Crippen molar-refractivity contribution in [1.29, 1.82) is 5.26 Å². The summed E-state index contributed by atoms with van der Waals surface area (Å²) in [4.78, 5) is 34.3. The van der Waals surface area contributed by atoms with Gasteiger partial charge < -0.3 is 20.3 Å². The molecule has 1 aliphatic heterocycles. The molecule has 2 aromatic heterocycles. The number of fused-ring (bicyclic) bond motifs is 1. The minimum atomic E-state index is -0.454. The molecule has 0 spiro atoms. The van der Waals surface area contributed by atoms with Crippen molar-refractivity contribution in [3.63, 3.8) is 0 Å². The lowest BCUT2D eigenvalue weighted by Gasteiger charge is -2.31. The van der Waals surface area contributed by atoms with Crippen molar-refractivity contribution in [2.24, 2.45) is 0 Å². The predicted octanol–water partition coefficient (Wildman–Crippen LogP) is 3.51. The first-order chi connectivity index (χ1) is 19.9. The number of aromatic nitrogens is 3. The number of nitrogens with one attached hydrogen (secondary N) is 2. The molecule has 0 unspecified atom stereocenters. The van der Waals surface area contributed by atoms with E-state index >= 15 is 0 Å². The van der Waals surface area contributed by atoms with Crippen LogP contribution < -0.4 is 15.4 Å². The third-order valence-corrected chi connectivity index (χ3v) is 7.48. The van der Waals surface area contributed by atoms with E-state index in [1.165, 1.54) is 0 Å². The Balaban J connectivity index is 1.09. The van der Waals surface area contributed by atoms with E-state index in [1.54, 1.807) is 59.2 Å². The molecule has 2 N–H and O–H groups in total. The molecule has 208 valence electrons. The summed E-state index contributed by atoms with van der Waals surface area (Å²) >= 11 is 0. The number of hydrogen-bond donors (Lipinski definition) is 2. The van der Waals surface area contributed by atoms with Crippen LogP contribution >= 0.6 is 0 Å². The van der Waals surface area contributed by atoms with E-state index in [9.17, 15) is 14.9 Å². The highest BCUT2D eigenvalue weighted by atomic mass is 16.5. The summed E-state index contributed by atoms with van der Waals surface area (Å²) in [6.45, 7) is 3.93. The van der Waals surface area contributed by atoms with Gasteiger partial charge in [-0.2, -0.15) is 5.26 Å². The average Bonchev–Trinajstić information content (AvgIpc) is 3.68. The molecule has 2 amide bonds. The second-order valence-corrected chi connectivity index (χ2v) is 10.6. The normalized spacial score (nSPS) is 16.6. The van der Waals surface area contributed by atoms with Crippen molar-refractivity contribution in [1.82, 2.24) is 24.4 Å². The zero-order valence-corrected chi connectivity index (χ0v) is 22.7. The fourth-order valence-electron chi connectivity index (χ4n) is 4.88. The highest BCUT2D eigenvalue weighted by Crippen LogP contribution is 2.47. The molecule has 2 aliphatic rings. The molecule has 0 atom stereocenters. The lowest BCUT2D eigenvalue weighted by molar-refractivity contribution is -0.117. The second-order valence-electron chi connectivity index (χ2n) is 10.6. The molecule has 11 nitrogen and oxygen atoms in total. The molecule has 3 heterocycles. The van der Waals surface area contributed by atoms with Gasteiger partial charge in [0.2, 0.25) is 11.8 Å². The average molecular weight is 551 g/mol. The molecule has 6 rings (SSSR count). The van der Waals surface area contributed by atoms with Crippen molar-refractivity contribution in [2.75, 3.05) is 50.4 Å². The first-order valence-electron chi connectivity index (χ1n) is 13.6. The molecule has 0 bridgehead atoms. The first kappa shape index (κ1) is 26.4. The van der Waals surface area contributed by atoms with E-state index in [2.05, 4.69) is 43.6 Å². The van der Waals surface area contributed by atoms with Crippen LogP contribution in [0.2, 0.25) is 0 Å². The van der Waals surface area contributed by atoms with Gasteiger partial charge in [0.15, 0.2) is 11.5 Å². The van der Waals surface area contributed by atoms with Crippen LogP contribution in [-0.4, -0.2) is 76.0 Å². The van der Waals surface area contributed by atoms with Crippen LogP contribution in [0, 0.1) is 11.3 Å². The monoisotopic (exact) mass is 550 g/mol. The maximum Gasteiger partial charge on any atom is 0.255 e. The number of carbonyl (C=O) groups excluding carboxylic acids is 2. The maximum absolute atomic E-state index is 12.9. The number of nitrogens with zero attached hydrogens (tertiary/aromatic N) is 6. The number of piperazine rings is 1. The van der Waals surface area contributed by atoms with Crippen molar-refractivity contribution in [2.45, 2.75) is 18.3 Å². The summed E-state index contributed by atoms with van der Waals surface area (Å²) < 4.78 is 7.50. The Bertz CT molecular complexity index is 1650. The smallest absolute Gasteiger partial charge is 0.255 e. The van der Waals surface area contributed by atoms with Crippen LogP contribution in [0.3, 0.4) is 0 Å². The molecule has 2 fully saturated rings. The number of amides is 2. The predicted molar refractivity (Wildman–Crippen MR) is 153 cm³/mol. The largest absolute Gasteiger partial charge is 0.438 e. The van der Waals surface area contributed by atoms with Gasteiger partial charge in [0.1, 0.15) is 5.75 Å². The van der Waals surface area contributed by atoms with Crippen LogP contribution in [-0.2, 0) is 10.2 Å². The minimum absolute atomic E-state index is 0.114. The number of hydrogen-bond acceptors (Lipinski definition) is 8.